The lowest BCUT2D eigenvalue weighted by Gasteiger charge is -2.16. The van der Waals surface area contributed by atoms with Crippen molar-refractivity contribution in [2.24, 2.45) is 4.36 Å². The van der Waals surface area contributed by atoms with Gasteiger partial charge >= 0.3 is 6.03 Å². The maximum Gasteiger partial charge on any atom is 0.355 e. The summed E-state index contributed by atoms with van der Waals surface area (Å²) in [6.07, 6.45) is 6.11. The number of amides is 3. The van der Waals surface area contributed by atoms with E-state index in [1.807, 2.05) is 0 Å². The molecule has 0 saturated heterocycles. The zero-order chi connectivity index (χ0) is 19.5. The molecule has 0 saturated carbocycles. The molecule has 2 aromatic rings. The second-order valence-electron chi connectivity index (χ2n) is 7.55. The number of benzene rings is 2. The third-order valence-electron chi connectivity index (χ3n) is 5.97. The number of carbonyl (C=O) groups is 2. The average molecular weight is 395 g/mol. The topological polar surface area (TPSA) is 78.8 Å². The van der Waals surface area contributed by atoms with E-state index in [0.29, 0.717) is 10.5 Å². The van der Waals surface area contributed by atoms with Gasteiger partial charge in [0, 0.05) is 12.7 Å². The number of nitrogens with one attached hydrogen (secondary N) is 1. The lowest BCUT2D eigenvalue weighted by molar-refractivity contribution is 0.0894. The summed E-state index contributed by atoms with van der Waals surface area (Å²) in [7, 11) is -1.86. The Morgan fingerprint density at radius 1 is 1.07 bits per heavy atom. The quantitative estimate of drug-likeness (QED) is 0.799. The number of aryl methyl sites for hydroxylation is 2. The van der Waals surface area contributed by atoms with E-state index in [-0.39, 0.29) is 5.91 Å². The van der Waals surface area contributed by atoms with E-state index in [2.05, 4.69) is 15.7 Å². The highest BCUT2D eigenvalue weighted by atomic mass is 32.2. The molecule has 5 rings (SSSR count). The standard InChI is InChI=1S/C21H21N3O3S/c1-24-20(25)17-8-2-3-11-18(17)28(24,27)23-21(26)22-19-15-9-4-6-13(15)12-14-7-5-10-16(14)19/h2-3,8,11-12H,4-7,9-10H2,1H3,(H,22,26). The molecule has 2 aromatic carbocycles. The van der Waals surface area contributed by atoms with Crippen LogP contribution in [0.3, 0.4) is 0 Å². The van der Waals surface area contributed by atoms with Gasteiger partial charge in [-0.3, -0.25) is 4.79 Å². The molecule has 1 unspecified atom stereocenters. The van der Waals surface area contributed by atoms with Crippen LogP contribution in [0.4, 0.5) is 10.5 Å². The number of nitrogens with zero attached hydrogens (tertiary/aromatic N) is 2. The molecule has 0 radical (unpaired) electrons. The molecule has 3 amide bonds. The Labute approximate surface area is 164 Å². The summed E-state index contributed by atoms with van der Waals surface area (Å²) in [5, 5.41) is 2.94. The summed E-state index contributed by atoms with van der Waals surface area (Å²) in [5.74, 6) is -0.376. The number of hydrogen-bond acceptors (Lipinski definition) is 3. The van der Waals surface area contributed by atoms with Crippen LogP contribution in [0.1, 0.15) is 45.5 Å². The van der Waals surface area contributed by atoms with E-state index in [9.17, 15) is 13.8 Å². The highest BCUT2D eigenvalue weighted by Gasteiger charge is 2.37. The summed E-state index contributed by atoms with van der Waals surface area (Å²) in [6.45, 7) is 0. The highest BCUT2D eigenvalue weighted by Crippen LogP contribution is 2.39. The van der Waals surface area contributed by atoms with E-state index in [1.54, 1.807) is 24.3 Å². The average Bonchev–Trinajstić information content (AvgIpc) is 3.38. The van der Waals surface area contributed by atoms with Crippen LogP contribution >= 0.6 is 0 Å². The Hall–Kier alpha value is -2.67. The van der Waals surface area contributed by atoms with Gasteiger partial charge in [-0.05, 0) is 72.9 Å². The number of hydrogen-bond donors (Lipinski definition) is 1. The Bertz CT molecular complexity index is 1130. The molecule has 1 aliphatic heterocycles. The fourth-order valence-corrected chi connectivity index (χ4v) is 6.43. The number of carbonyl (C=O) groups excluding carboxylic acids is 2. The maximum atomic E-state index is 13.5. The predicted molar refractivity (Wildman–Crippen MR) is 107 cm³/mol. The van der Waals surface area contributed by atoms with Gasteiger partial charge in [0.05, 0.1) is 10.5 Å². The van der Waals surface area contributed by atoms with Gasteiger partial charge in [0.15, 0.2) is 9.92 Å². The van der Waals surface area contributed by atoms with Crippen LogP contribution in [0, 0.1) is 0 Å². The van der Waals surface area contributed by atoms with E-state index >= 15 is 0 Å². The first-order valence-corrected chi connectivity index (χ1v) is 11.1. The minimum Gasteiger partial charge on any atom is -0.305 e. The first kappa shape index (κ1) is 17.4. The zero-order valence-electron chi connectivity index (χ0n) is 15.7. The Morgan fingerprint density at radius 3 is 2.39 bits per heavy atom. The summed E-state index contributed by atoms with van der Waals surface area (Å²) in [4.78, 5) is 25.6. The van der Waals surface area contributed by atoms with Gasteiger partial charge in [0.2, 0.25) is 0 Å². The molecular weight excluding hydrogens is 374 g/mol. The molecular formula is C21H21N3O3S. The number of rotatable bonds is 1. The normalized spacial score (nSPS) is 22.0. The van der Waals surface area contributed by atoms with Crippen LogP contribution < -0.4 is 5.32 Å². The van der Waals surface area contributed by atoms with Gasteiger partial charge in [0.25, 0.3) is 5.91 Å². The van der Waals surface area contributed by atoms with Crippen molar-refractivity contribution in [2.75, 3.05) is 12.4 Å². The summed E-state index contributed by atoms with van der Waals surface area (Å²) in [6, 6.07) is 8.27. The van der Waals surface area contributed by atoms with Gasteiger partial charge in [0.1, 0.15) is 0 Å². The molecule has 144 valence electrons. The molecule has 0 fully saturated rings. The van der Waals surface area contributed by atoms with Gasteiger partial charge in [-0.15, -0.1) is 4.36 Å². The Balaban J connectivity index is 1.57. The summed E-state index contributed by atoms with van der Waals surface area (Å²) in [5.41, 5.74) is 6.19. The third kappa shape index (κ3) is 2.42. The van der Waals surface area contributed by atoms with Crippen LogP contribution in [-0.4, -0.2) is 27.5 Å². The predicted octanol–water partition coefficient (Wildman–Crippen LogP) is 3.72. The van der Waals surface area contributed by atoms with Crippen LogP contribution in [0.25, 0.3) is 0 Å². The molecule has 2 aliphatic carbocycles. The van der Waals surface area contributed by atoms with Gasteiger partial charge < -0.3 is 5.32 Å². The third-order valence-corrected chi connectivity index (χ3v) is 8.22. The van der Waals surface area contributed by atoms with Gasteiger partial charge in [-0.2, -0.15) is 0 Å². The van der Waals surface area contributed by atoms with Gasteiger partial charge in [-0.1, -0.05) is 18.2 Å². The fourth-order valence-electron chi connectivity index (χ4n) is 4.62. The largest absolute Gasteiger partial charge is 0.355 e. The van der Waals surface area contributed by atoms with Gasteiger partial charge in [-0.25, -0.2) is 13.3 Å². The second kappa shape index (κ2) is 6.17. The van der Waals surface area contributed by atoms with E-state index in [1.165, 1.54) is 29.3 Å². The van der Waals surface area contributed by atoms with Crippen molar-refractivity contribution >= 4 is 27.5 Å². The first-order valence-electron chi connectivity index (χ1n) is 9.61. The van der Waals surface area contributed by atoms with Crippen molar-refractivity contribution in [3.05, 3.63) is 58.1 Å². The lowest BCUT2D eigenvalue weighted by Crippen LogP contribution is -2.26. The second-order valence-corrected chi connectivity index (χ2v) is 9.71. The minimum atomic E-state index is -3.29. The monoisotopic (exact) mass is 395 g/mol. The molecule has 1 heterocycles. The molecule has 3 aliphatic rings. The van der Waals surface area contributed by atoms with E-state index in [0.717, 1.165) is 48.5 Å². The number of fused-ring (bicyclic) bond motifs is 3. The summed E-state index contributed by atoms with van der Waals surface area (Å²) < 4.78 is 18.6. The van der Waals surface area contributed by atoms with Crippen molar-refractivity contribution in [3.8, 4) is 0 Å². The van der Waals surface area contributed by atoms with Crippen LogP contribution in [0.5, 0.6) is 0 Å². The van der Waals surface area contributed by atoms with Crippen molar-refractivity contribution < 1.29 is 13.8 Å². The molecule has 1 atom stereocenters. The van der Waals surface area contributed by atoms with Crippen LogP contribution in [0.15, 0.2) is 39.6 Å². The first-order chi connectivity index (χ1) is 13.5. The molecule has 1 N–H and O–H groups in total. The van der Waals surface area contributed by atoms with Crippen LogP contribution in [0.2, 0.25) is 0 Å². The maximum absolute atomic E-state index is 13.5. The Morgan fingerprint density at radius 2 is 1.71 bits per heavy atom. The molecule has 0 bridgehead atoms. The molecule has 7 heteroatoms. The molecule has 6 nitrogen and oxygen atoms in total. The Kier molecular flexibility index (Phi) is 3.84. The lowest BCUT2D eigenvalue weighted by atomic mass is 9.99. The smallest absolute Gasteiger partial charge is 0.305 e. The molecule has 0 aromatic heterocycles. The molecule has 0 spiro atoms. The highest BCUT2D eigenvalue weighted by molar-refractivity contribution is 7.92. The van der Waals surface area contributed by atoms with Crippen molar-refractivity contribution in [1.82, 2.24) is 4.31 Å². The van der Waals surface area contributed by atoms with E-state index < -0.39 is 15.9 Å². The minimum absolute atomic E-state index is 0.307. The fraction of sp³-hybridized carbons (Fsp3) is 0.333. The number of urea groups is 1. The van der Waals surface area contributed by atoms with E-state index in [4.69, 9.17) is 0 Å². The summed E-state index contributed by atoms with van der Waals surface area (Å²) >= 11 is 0. The van der Waals surface area contributed by atoms with Crippen LogP contribution in [-0.2, 0) is 35.6 Å². The SMILES string of the molecule is CN1C(=O)c2ccccc2S1(=O)=NC(=O)Nc1c2c(cc3c1CCC3)CCC2. The van der Waals surface area contributed by atoms with Crippen molar-refractivity contribution in [2.45, 2.75) is 43.4 Å². The van der Waals surface area contributed by atoms with Crippen molar-refractivity contribution in [3.63, 3.8) is 0 Å². The molecule has 28 heavy (non-hydrogen) atoms. The van der Waals surface area contributed by atoms with Crippen molar-refractivity contribution in [1.29, 1.82) is 0 Å². The zero-order valence-corrected chi connectivity index (χ0v) is 16.5. The number of anilines is 1.